The zero-order chi connectivity index (χ0) is 12.6. The van der Waals surface area contributed by atoms with Gasteiger partial charge in [0.1, 0.15) is 5.60 Å². The SMILES string of the molecule is CC(C)NCCCC(=O)NCC(C)(O)CO. The van der Waals surface area contributed by atoms with Gasteiger partial charge in [0, 0.05) is 19.0 Å². The molecule has 1 unspecified atom stereocenters. The van der Waals surface area contributed by atoms with E-state index in [0.717, 1.165) is 13.0 Å². The van der Waals surface area contributed by atoms with Crippen LogP contribution in [-0.4, -0.2) is 47.5 Å². The van der Waals surface area contributed by atoms with Gasteiger partial charge in [-0.05, 0) is 19.9 Å². The first-order valence-corrected chi connectivity index (χ1v) is 5.71. The van der Waals surface area contributed by atoms with E-state index in [2.05, 4.69) is 24.5 Å². The fraction of sp³-hybridized carbons (Fsp3) is 0.909. The quantitative estimate of drug-likeness (QED) is 0.430. The van der Waals surface area contributed by atoms with Gasteiger partial charge in [-0.25, -0.2) is 0 Å². The number of hydrogen-bond donors (Lipinski definition) is 4. The summed E-state index contributed by atoms with van der Waals surface area (Å²) in [6.07, 6.45) is 1.20. The second-order valence-corrected chi connectivity index (χ2v) is 4.64. The minimum absolute atomic E-state index is 0.0833. The molecule has 16 heavy (non-hydrogen) atoms. The third-order valence-electron chi connectivity index (χ3n) is 2.14. The smallest absolute Gasteiger partial charge is 0.220 e. The summed E-state index contributed by atoms with van der Waals surface area (Å²) < 4.78 is 0. The number of carbonyl (C=O) groups excluding carboxylic acids is 1. The van der Waals surface area contributed by atoms with E-state index in [9.17, 15) is 9.90 Å². The normalized spacial score (nSPS) is 14.9. The molecule has 0 spiro atoms. The summed E-state index contributed by atoms with van der Waals surface area (Å²) in [6.45, 7) is 6.12. The second-order valence-electron chi connectivity index (χ2n) is 4.64. The zero-order valence-corrected chi connectivity index (χ0v) is 10.4. The highest BCUT2D eigenvalue weighted by Gasteiger charge is 2.19. The number of aliphatic hydroxyl groups excluding tert-OH is 1. The number of carbonyl (C=O) groups is 1. The Kier molecular flexibility index (Phi) is 7.29. The molecule has 0 aromatic heterocycles. The minimum atomic E-state index is -1.23. The maximum absolute atomic E-state index is 11.3. The van der Waals surface area contributed by atoms with Crippen molar-refractivity contribution in [2.24, 2.45) is 0 Å². The predicted molar refractivity (Wildman–Crippen MR) is 63.1 cm³/mol. The van der Waals surface area contributed by atoms with Crippen molar-refractivity contribution in [2.45, 2.75) is 45.3 Å². The van der Waals surface area contributed by atoms with Gasteiger partial charge in [0.05, 0.1) is 6.61 Å². The molecule has 0 radical (unpaired) electrons. The van der Waals surface area contributed by atoms with Crippen LogP contribution in [0.4, 0.5) is 0 Å². The van der Waals surface area contributed by atoms with Crippen molar-refractivity contribution in [3.63, 3.8) is 0 Å². The third kappa shape index (κ3) is 8.64. The van der Waals surface area contributed by atoms with E-state index in [0.29, 0.717) is 12.5 Å². The van der Waals surface area contributed by atoms with E-state index >= 15 is 0 Å². The van der Waals surface area contributed by atoms with Gasteiger partial charge in [0.25, 0.3) is 0 Å². The molecule has 4 N–H and O–H groups in total. The molecule has 0 bridgehead atoms. The van der Waals surface area contributed by atoms with Crippen molar-refractivity contribution in [2.75, 3.05) is 19.7 Å². The lowest BCUT2D eigenvalue weighted by atomic mass is 10.1. The number of nitrogens with one attached hydrogen (secondary N) is 2. The molecule has 0 saturated heterocycles. The second kappa shape index (κ2) is 7.60. The molecule has 0 aliphatic heterocycles. The summed E-state index contributed by atoms with van der Waals surface area (Å²) in [5.74, 6) is -0.0979. The Bertz CT molecular complexity index is 205. The van der Waals surface area contributed by atoms with Gasteiger partial charge in [-0.15, -0.1) is 0 Å². The minimum Gasteiger partial charge on any atom is -0.393 e. The molecular formula is C11H24N2O3. The predicted octanol–water partition coefficient (Wildman–Crippen LogP) is -0.376. The third-order valence-corrected chi connectivity index (χ3v) is 2.14. The van der Waals surface area contributed by atoms with Crippen LogP contribution >= 0.6 is 0 Å². The van der Waals surface area contributed by atoms with Crippen molar-refractivity contribution < 1.29 is 15.0 Å². The van der Waals surface area contributed by atoms with E-state index in [1.807, 2.05) is 0 Å². The highest BCUT2D eigenvalue weighted by Crippen LogP contribution is 1.99. The molecule has 5 nitrogen and oxygen atoms in total. The lowest BCUT2D eigenvalue weighted by molar-refractivity contribution is -0.122. The average molecular weight is 232 g/mol. The van der Waals surface area contributed by atoms with E-state index in [-0.39, 0.29) is 19.1 Å². The number of amides is 1. The molecule has 0 aromatic rings. The van der Waals surface area contributed by atoms with Crippen LogP contribution in [0, 0.1) is 0 Å². The van der Waals surface area contributed by atoms with Crippen molar-refractivity contribution in [3.8, 4) is 0 Å². The standard InChI is InChI=1S/C11H24N2O3/c1-9(2)12-6-4-5-10(15)13-7-11(3,16)8-14/h9,12,14,16H,4-8H2,1-3H3,(H,13,15). The van der Waals surface area contributed by atoms with Crippen LogP contribution in [-0.2, 0) is 4.79 Å². The maximum atomic E-state index is 11.3. The lowest BCUT2D eigenvalue weighted by Gasteiger charge is -2.20. The Hall–Kier alpha value is -0.650. The number of rotatable bonds is 8. The summed E-state index contributed by atoms with van der Waals surface area (Å²) in [5, 5.41) is 24.0. The Balaban J connectivity index is 3.52. The molecule has 0 rings (SSSR count). The van der Waals surface area contributed by atoms with Gasteiger partial charge in [-0.3, -0.25) is 4.79 Å². The van der Waals surface area contributed by atoms with Crippen LogP contribution < -0.4 is 10.6 Å². The molecule has 1 atom stereocenters. The highest BCUT2D eigenvalue weighted by molar-refractivity contribution is 5.75. The molecule has 0 saturated carbocycles. The van der Waals surface area contributed by atoms with Gasteiger partial charge in [0.15, 0.2) is 0 Å². The van der Waals surface area contributed by atoms with Gasteiger partial charge >= 0.3 is 0 Å². The molecule has 5 heteroatoms. The Labute approximate surface area is 97.2 Å². The summed E-state index contributed by atoms with van der Waals surface area (Å²) in [4.78, 5) is 11.3. The molecule has 96 valence electrons. The van der Waals surface area contributed by atoms with Crippen LogP contribution in [0.2, 0.25) is 0 Å². The maximum Gasteiger partial charge on any atom is 0.220 e. The molecular weight excluding hydrogens is 208 g/mol. The molecule has 0 aliphatic carbocycles. The first-order valence-electron chi connectivity index (χ1n) is 5.71. The fourth-order valence-electron chi connectivity index (χ4n) is 1.07. The number of aliphatic hydroxyl groups is 2. The van der Waals surface area contributed by atoms with E-state index < -0.39 is 5.60 Å². The number of hydrogen-bond acceptors (Lipinski definition) is 4. The first-order chi connectivity index (χ1) is 7.37. The van der Waals surface area contributed by atoms with E-state index in [4.69, 9.17) is 5.11 Å². The Morgan fingerprint density at radius 1 is 1.44 bits per heavy atom. The van der Waals surface area contributed by atoms with Gasteiger partial charge < -0.3 is 20.8 Å². The average Bonchev–Trinajstić information content (AvgIpc) is 2.21. The van der Waals surface area contributed by atoms with Gasteiger partial charge in [-0.1, -0.05) is 13.8 Å². The monoisotopic (exact) mass is 232 g/mol. The lowest BCUT2D eigenvalue weighted by Crippen LogP contribution is -2.43. The molecule has 1 amide bonds. The first kappa shape index (κ1) is 15.3. The van der Waals surface area contributed by atoms with Crippen LogP contribution in [0.25, 0.3) is 0 Å². The summed E-state index contributed by atoms with van der Waals surface area (Å²) in [6, 6.07) is 0.429. The van der Waals surface area contributed by atoms with Crippen LogP contribution in [0.3, 0.4) is 0 Å². The Morgan fingerprint density at radius 3 is 2.56 bits per heavy atom. The van der Waals surface area contributed by atoms with Crippen molar-refractivity contribution in [1.29, 1.82) is 0 Å². The molecule has 0 heterocycles. The zero-order valence-electron chi connectivity index (χ0n) is 10.4. The molecule has 0 aliphatic rings. The van der Waals surface area contributed by atoms with Crippen LogP contribution in [0.15, 0.2) is 0 Å². The van der Waals surface area contributed by atoms with Gasteiger partial charge in [0.2, 0.25) is 5.91 Å². The molecule has 0 aromatic carbocycles. The molecule has 0 fully saturated rings. The summed E-state index contributed by atoms with van der Waals surface area (Å²) >= 11 is 0. The van der Waals surface area contributed by atoms with E-state index in [1.54, 1.807) is 0 Å². The topological polar surface area (TPSA) is 81.6 Å². The van der Waals surface area contributed by atoms with E-state index in [1.165, 1.54) is 6.92 Å². The largest absolute Gasteiger partial charge is 0.393 e. The van der Waals surface area contributed by atoms with Crippen molar-refractivity contribution in [1.82, 2.24) is 10.6 Å². The Morgan fingerprint density at radius 2 is 2.06 bits per heavy atom. The highest BCUT2D eigenvalue weighted by atomic mass is 16.3. The van der Waals surface area contributed by atoms with Crippen LogP contribution in [0.1, 0.15) is 33.6 Å². The van der Waals surface area contributed by atoms with Crippen molar-refractivity contribution in [3.05, 3.63) is 0 Å². The fourth-order valence-corrected chi connectivity index (χ4v) is 1.07. The van der Waals surface area contributed by atoms with Gasteiger partial charge in [-0.2, -0.15) is 0 Å². The summed E-state index contributed by atoms with van der Waals surface area (Å²) in [7, 11) is 0. The summed E-state index contributed by atoms with van der Waals surface area (Å²) in [5.41, 5.74) is -1.23. The van der Waals surface area contributed by atoms with Crippen molar-refractivity contribution >= 4 is 5.91 Å². The van der Waals surface area contributed by atoms with Crippen LogP contribution in [0.5, 0.6) is 0 Å².